The molecule has 24 heavy (non-hydrogen) atoms. The van der Waals surface area contributed by atoms with Crippen molar-refractivity contribution in [2.45, 2.75) is 6.18 Å². The number of hydrogen-bond donors (Lipinski definition) is 1. The third-order valence-corrected chi connectivity index (χ3v) is 3.61. The number of nitriles is 1. The van der Waals surface area contributed by atoms with Gasteiger partial charge < -0.3 is 5.32 Å². The lowest BCUT2D eigenvalue weighted by Crippen LogP contribution is -2.05. The average Bonchev–Trinajstić information content (AvgIpc) is 2.52. The molecule has 0 bridgehead atoms. The van der Waals surface area contributed by atoms with Crippen molar-refractivity contribution in [1.29, 1.82) is 5.26 Å². The summed E-state index contributed by atoms with van der Waals surface area (Å²) in [7, 11) is 0. The molecule has 11 heteroatoms. The fourth-order valence-corrected chi connectivity index (χ4v) is 2.13. The van der Waals surface area contributed by atoms with Gasteiger partial charge >= 0.3 is 6.18 Å². The number of aromatic nitrogens is 1. The summed E-state index contributed by atoms with van der Waals surface area (Å²) in [5.74, 6) is -0.494. The van der Waals surface area contributed by atoms with Crippen LogP contribution in [0, 0.1) is 11.3 Å². The van der Waals surface area contributed by atoms with Crippen LogP contribution in [0.25, 0.3) is 10.4 Å². The zero-order chi connectivity index (χ0) is 17.9. The molecule has 2 aromatic rings. The minimum absolute atomic E-state index is 0.0342. The predicted molar refractivity (Wildman–Crippen MR) is 82.5 cm³/mol. The molecule has 0 amide bonds. The Morgan fingerprint density at radius 1 is 1.29 bits per heavy atom. The molecular formula is C13H5Cl2F3N6. The van der Waals surface area contributed by atoms with Gasteiger partial charge in [-0.2, -0.15) is 18.4 Å². The lowest BCUT2D eigenvalue weighted by atomic mass is 10.2. The van der Waals surface area contributed by atoms with E-state index in [2.05, 4.69) is 20.3 Å². The van der Waals surface area contributed by atoms with Gasteiger partial charge in [0.25, 0.3) is 0 Å². The van der Waals surface area contributed by atoms with E-state index in [9.17, 15) is 13.2 Å². The number of rotatable bonds is 3. The number of halogens is 5. The van der Waals surface area contributed by atoms with Gasteiger partial charge in [0.05, 0.1) is 10.6 Å². The molecule has 0 radical (unpaired) electrons. The normalized spacial score (nSPS) is 10.7. The average molecular weight is 373 g/mol. The molecule has 0 spiro atoms. The van der Waals surface area contributed by atoms with Crippen LogP contribution in [0.4, 0.5) is 30.5 Å². The summed E-state index contributed by atoms with van der Waals surface area (Å²) in [4.78, 5) is 6.34. The van der Waals surface area contributed by atoms with E-state index in [1.54, 1.807) is 6.07 Å². The van der Waals surface area contributed by atoms with E-state index in [-0.39, 0.29) is 32.9 Å². The molecule has 1 heterocycles. The van der Waals surface area contributed by atoms with Crippen molar-refractivity contribution in [1.82, 2.24) is 4.98 Å². The smallest absolute Gasteiger partial charge is 0.339 e. The Bertz CT molecular complexity index is 884. The molecule has 2 rings (SSSR count). The molecule has 0 saturated carbocycles. The zero-order valence-corrected chi connectivity index (χ0v) is 12.9. The van der Waals surface area contributed by atoms with E-state index in [1.807, 2.05) is 0 Å². The van der Waals surface area contributed by atoms with Gasteiger partial charge in [0.2, 0.25) is 0 Å². The van der Waals surface area contributed by atoms with Gasteiger partial charge in [-0.15, -0.1) is 0 Å². The number of azide groups is 1. The lowest BCUT2D eigenvalue weighted by Gasteiger charge is -2.13. The van der Waals surface area contributed by atoms with E-state index in [0.717, 1.165) is 12.1 Å². The van der Waals surface area contributed by atoms with E-state index in [1.165, 1.54) is 12.1 Å². The highest BCUT2D eigenvalue weighted by Gasteiger charge is 2.30. The van der Waals surface area contributed by atoms with Crippen LogP contribution in [0.5, 0.6) is 0 Å². The van der Waals surface area contributed by atoms with Gasteiger partial charge in [0, 0.05) is 10.6 Å². The highest BCUT2D eigenvalue weighted by Crippen LogP contribution is 2.38. The van der Waals surface area contributed by atoms with Gasteiger partial charge in [0.1, 0.15) is 22.5 Å². The lowest BCUT2D eigenvalue weighted by molar-refractivity contribution is -0.137. The Balaban J connectivity index is 2.51. The second-order valence-electron chi connectivity index (χ2n) is 4.29. The summed E-state index contributed by atoms with van der Waals surface area (Å²) >= 11 is 11.9. The van der Waals surface area contributed by atoms with E-state index < -0.39 is 11.7 Å². The van der Waals surface area contributed by atoms with Crippen molar-refractivity contribution in [2.24, 2.45) is 5.11 Å². The van der Waals surface area contributed by atoms with Crippen molar-refractivity contribution in [2.75, 3.05) is 5.32 Å². The second-order valence-corrected chi connectivity index (χ2v) is 5.05. The number of nitrogens with zero attached hydrogens (tertiary/aromatic N) is 5. The standard InChI is InChI=1S/C13H5Cl2F3N6/c14-9-8(5-19)11(23-24-20)22-12(10(9)15)21-7-3-1-2-6(4-7)13(16,17)18/h1-4H,(H,21,22). The van der Waals surface area contributed by atoms with Crippen LogP contribution >= 0.6 is 23.2 Å². The molecule has 0 aliphatic heterocycles. The van der Waals surface area contributed by atoms with Crippen LogP contribution in [0.2, 0.25) is 10.0 Å². The summed E-state index contributed by atoms with van der Waals surface area (Å²) in [5, 5.41) is 14.4. The minimum Gasteiger partial charge on any atom is -0.339 e. The predicted octanol–water partition coefficient (Wildman–Crippen LogP) is 5.96. The Morgan fingerprint density at radius 2 is 2.00 bits per heavy atom. The van der Waals surface area contributed by atoms with Crippen molar-refractivity contribution in [3.8, 4) is 6.07 Å². The number of hydrogen-bond acceptors (Lipinski definition) is 4. The van der Waals surface area contributed by atoms with Crippen LogP contribution in [0.1, 0.15) is 11.1 Å². The summed E-state index contributed by atoms with van der Waals surface area (Å²) < 4.78 is 38.2. The Labute approximate surface area is 143 Å². The monoisotopic (exact) mass is 372 g/mol. The molecular weight excluding hydrogens is 368 g/mol. The Morgan fingerprint density at radius 3 is 2.58 bits per heavy atom. The maximum Gasteiger partial charge on any atom is 0.416 e. The molecule has 0 unspecified atom stereocenters. The SMILES string of the molecule is N#Cc1c(N=[N+]=[N-])nc(Nc2cccc(C(F)(F)F)c2)c(Cl)c1Cl. The number of alkyl halides is 3. The fraction of sp³-hybridized carbons (Fsp3) is 0.0769. The van der Waals surface area contributed by atoms with Crippen molar-refractivity contribution in [3.05, 3.63) is 55.9 Å². The van der Waals surface area contributed by atoms with Gasteiger partial charge in [0.15, 0.2) is 5.82 Å². The highest BCUT2D eigenvalue weighted by atomic mass is 35.5. The number of nitrogens with one attached hydrogen (secondary N) is 1. The fourth-order valence-electron chi connectivity index (χ4n) is 1.73. The molecule has 0 aliphatic rings. The molecule has 1 aromatic carbocycles. The topological polar surface area (TPSA) is 97.5 Å². The number of anilines is 2. The molecule has 0 fully saturated rings. The molecule has 1 aromatic heterocycles. The van der Waals surface area contributed by atoms with Gasteiger partial charge in [-0.3, -0.25) is 0 Å². The van der Waals surface area contributed by atoms with Crippen molar-refractivity contribution < 1.29 is 13.2 Å². The quantitative estimate of drug-likeness (QED) is 0.408. The highest BCUT2D eigenvalue weighted by molar-refractivity contribution is 6.44. The molecule has 0 saturated heterocycles. The van der Waals surface area contributed by atoms with E-state index >= 15 is 0 Å². The Hall–Kier alpha value is -2.66. The number of benzene rings is 1. The van der Waals surface area contributed by atoms with Crippen LogP contribution in [0.3, 0.4) is 0 Å². The van der Waals surface area contributed by atoms with E-state index in [0.29, 0.717) is 0 Å². The summed E-state index contributed by atoms with van der Waals surface area (Å²) in [6, 6.07) is 5.98. The molecule has 122 valence electrons. The first-order chi connectivity index (χ1) is 11.3. The molecule has 6 nitrogen and oxygen atoms in total. The summed E-state index contributed by atoms with van der Waals surface area (Å²) in [6.45, 7) is 0. The summed E-state index contributed by atoms with van der Waals surface area (Å²) in [6.07, 6.45) is -4.52. The largest absolute Gasteiger partial charge is 0.416 e. The summed E-state index contributed by atoms with van der Waals surface area (Å²) in [5.41, 5.74) is 7.41. The van der Waals surface area contributed by atoms with Gasteiger partial charge in [-0.1, -0.05) is 29.3 Å². The maximum atomic E-state index is 12.7. The van der Waals surface area contributed by atoms with Crippen molar-refractivity contribution in [3.63, 3.8) is 0 Å². The van der Waals surface area contributed by atoms with Gasteiger partial charge in [-0.25, -0.2) is 4.98 Å². The number of pyridine rings is 1. The van der Waals surface area contributed by atoms with Crippen LogP contribution in [-0.4, -0.2) is 4.98 Å². The van der Waals surface area contributed by atoms with E-state index in [4.69, 9.17) is 34.0 Å². The molecule has 1 N–H and O–H groups in total. The zero-order valence-electron chi connectivity index (χ0n) is 11.4. The maximum absolute atomic E-state index is 12.7. The van der Waals surface area contributed by atoms with Crippen molar-refractivity contribution >= 4 is 40.5 Å². The Kier molecular flexibility index (Phi) is 5.04. The third kappa shape index (κ3) is 3.63. The van der Waals surface area contributed by atoms with Gasteiger partial charge in [-0.05, 0) is 28.8 Å². The minimum atomic E-state index is -4.52. The van der Waals surface area contributed by atoms with Crippen LogP contribution in [-0.2, 0) is 6.18 Å². The van der Waals surface area contributed by atoms with Crippen LogP contribution in [0.15, 0.2) is 29.4 Å². The first-order valence-electron chi connectivity index (χ1n) is 6.06. The third-order valence-electron chi connectivity index (χ3n) is 2.77. The molecule has 0 atom stereocenters. The first kappa shape index (κ1) is 17.7. The molecule has 0 aliphatic carbocycles. The second kappa shape index (κ2) is 6.84. The first-order valence-corrected chi connectivity index (χ1v) is 6.82. The van der Waals surface area contributed by atoms with Crippen LogP contribution < -0.4 is 5.32 Å².